The van der Waals surface area contributed by atoms with Crippen molar-refractivity contribution in [2.45, 2.75) is 51.0 Å². The van der Waals surface area contributed by atoms with E-state index in [9.17, 15) is 24.3 Å². The molecule has 11 heteroatoms. The third-order valence-electron chi connectivity index (χ3n) is 3.08. The van der Waals surface area contributed by atoms with Crippen LogP contribution in [0.3, 0.4) is 0 Å². The molecule has 0 aliphatic rings. The Bertz CT molecular complexity index is 483. The van der Waals surface area contributed by atoms with Gasteiger partial charge in [0.05, 0.1) is 12.7 Å². The van der Waals surface area contributed by atoms with E-state index in [0.717, 1.165) is 0 Å². The van der Waals surface area contributed by atoms with Crippen molar-refractivity contribution >= 4 is 23.7 Å². The molecule has 0 radical (unpaired) electrons. The van der Waals surface area contributed by atoms with Crippen LogP contribution in [0.4, 0.5) is 0 Å². The van der Waals surface area contributed by atoms with Gasteiger partial charge in [0, 0.05) is 0 Å². The fraction of sp³-hybridized carbons (Fsp3) is 0.692. The highest BCUT2D eigenvalue weighted by Gasteiger charge is 2.30. The summed E-state index contributed by atoms with van der Waals surface area (Å²) in [6, 6.07) is -4.92. The molecule has 0 fully saturated rings. The Morgan fingerprint density at radius 1 is 0.917 bits per heavy atom. The van der Waals surface area contributed by atoms with E-state index in [1.165, 1.54) is 20.8 Å². The Hall–Kier alpha value is -2.24. The van der Waals surface area contributed by atoms with Crippen molar-refractivity contribution < 1.29 is 34.5 Å². The molecule has 0 aliphatic carbocycles. The maximum atomic E-state index is 12.1. The Kier molecular flexibility index (Phi) is 8.89. The lowest BCUT2D eigenvalue weighted by atomic mass is 10.1. The summed E-state index contributed by atoms with van der Waals surface area (Å²) >= 11 is 0. The lowest BCUT2D eigenvalue weighted by Crippen LogP contribution is -2.59. The Morgan fingerprint density at radius 3 is 1.83 bits per heavy atom. The second kappa shape index (κ2) is 9.80. The lowest BCUT2D eigenvalue weighted by Gasteiger charge is -2.24. The van der Waals surface area contributed by atoms with Gasteiger partial charge in [-0.15, -0.1) is 0 Å². The number of rotatable bonds is 9. The highest BCUT2D eigenvalue weighted by molar-refractivity contribution is 5.94. The molecule has 0 rings (SSSR count). The molecule has 0 aromatic heterocycles. The second-order valence-corrected chi connectivity index (χ2v) is 5.31. The smallest absolute Gasteiger partial charge is 0.325 e. The molecule has 11 nitrogen and oxygen atoms in total. The van der Waals surface area contributed by atoms with Gasteiger partial charge in [0.1, 0.15) is 24.2 Å². The first-order chi connectivity index (χ1) is 11.0. The standard InChI is InChI=1S/C13H24N4O7/c1-5(10(20)16-6(2)13(23)24)15-12(22)9(7(3)19)17-11(21)8(14)4-18/h5-9,18-19H,4,14H2,1-3H3,(H,15,22)(H,16,20)(H,17,21)(H,23,24). The SMILES string of the molecule is CC(NC(=O)C(C)NC(=O)C(NC(=O)C(N)CO)C(C)O)C(=O)O. The van der Waals surface area contributed by atoms with E-state index in [1.54, 1.807) is 0 Å². The van der Waals surface area contributed by atoms with E-state index in [1.807, 2.05) is 0 Å². The number of aliphatic carboxylic acids is 1. The van der Waals surface area contributed by atoms with Gasteiger partial charge in [0.15, 0.2) is 0 Å². The van der Waals surface area contributed by atoms with E-state index in [-0.39, 0.29) is 0 Å². The molecule has 5 unspecified atom stereocenters. The third-order valence-corrected chi connectivity index (χ3v) is 3.08. The fourth-order valence-corrected chi connectivity index (χ4v) is 1.52. The molecule has 0 saturated heterocycles. The molecule has 0 spiro atoms. The van der Waals surface area contributed by atoms with Crippen molar-refractivity contribution in [3.63, 3.8) is 0 Å². The molecule has 0 heterocycles. The van der Waals surface area contributed by atoms with Crippen LogP contribution in [0.2, 0.25) is 0 Å². The van der Waals surface area contributed by atoms with Crippen LogP contribution < -0.4 is 21.7 Å². The summed E-state index contributed by atoms with van der Waals surface area (Å²) in [5, 5.41) is 33.7. The highest BCUT2D eigenvalue weighted by atomic mass is 16.4. The average molecular weight is 348 g/mol. The Morgan fingerprint density at radius 2 is 1.42 bits per heavy atom. The van der Waals surface area contributed by atoms with Crippen molar-refractivity contribution in [2.24, 2.45) is 5.73 Å². The summed E-state index contributed by atoms with van der Waals surface area (Å²) in [6.45, 7) is 3.16. The number of nitrogens with two attached hydrogens (primary N) is 1. The molecule has 0 aromatic carbocycles. The number of aliphatic hydroxyl groups is 2. The minimum Gasteiger partial charge on any atom is -0.480 e. The average Bonchev–Trinajstić information content (AvgIpc) is 2.50. The summed E-state index contributed by atoms with van der Waals surface area (Å²) in [4.78, 5) is 46.1. The molecule has 3 amide bonds. The molecule has 5 atom stereocenters. The summed E-state index contributed by atoms with van der Waals surface area (Å²) in [7, 11) is 0. The number of hydrogen-bond donors (Lipinski definition) is 7. The normalized spacial score (nSPS) is 16.9. The molecule has 0 bridgehead atoms. The Labute approximate surface area is 138 Å². The lowest BCUT2D eigenvalue weighted by molar-refractivity contribution is -0.141. The zero-order valence-corrected chi connectivity index (χ0v) is 13.6. The number of carbonyl (C=O) groups excluding carboxylic acids is 3. The van der Waals surface area contributed by atoms with Crippen LogP contribution in [0.25, 0.3) is 0 Å². The van der Waals surface area contributed by atoms with E-state index in [0.29, 0.717) is 0 Å². The molecule has 24 heavy (non-hydrogen) atoms. The van der Waals surface area contributed by atoms with Crippen LogP contribution in [-0.4, -0.2) is 75.9 Å². The zero-order valence-electron chi connectivity index (χ0n) is 13.6. The van der Waals surface area contributed by atoms with Crippen molar-refractivity contribution in [3.05, 3.63) is 0 Å². The summed E-state index contributed by atoms with van der Waals surface area (Å²) in [5.74, 6) is -3.71. The highest BCUT2D eigenvalue weighted by Crippen LogP contribution is 1.97. The van der Waals surface area contributed by atoms with Gasteiger partial charge in [-0.1, -0.05) is 0 Å². The van der Waals surface area contributed by atoms with Crippen LogP contribution in [0.15, 0.2) is 0 Å². The fourth-order valence-electron chi connectivity index (χ4n) is 1.52. The Balaban J connectivity index is 4.80. The van der Waals surface area contributed by atoms with Crippen LogP contribution in [-0.2, 0) is 19.2 Å². The van der Waals surface area contributed by atoms with Gasteiger partial charge in [-0.2, -0.15) is 0 Å². The first kappa shape index (κ1) is 21.8. The largest absolute Gasteiger partial charge is 0.480 e. The number of nitrogens with one attached hydrogen (secondary N) is 3. The zero-order chi connectivity index (χ0) is 19.0. The second-order valence-electron chi connectivity index (χ2n) is 5.31. The summed E-state index contributed by atoms with van der Waals surface area (Å²) < 4.78 is 0. The maximum Gasteiger partial charge on any atom is 0.325 e. The van der Waals surface area contributed by atoms with E-state index < -0.39 is 60.6 Å². The summed E-state index contributed by atoms with van der Waals surface area (Å²) in [5.41, 5.74) is 5.30. The van der Waals surface area contributed by atoms with Gasteiger partial charge in [0.2, 0.25) is 17.7 Å². The minimum absolute atomic E-state index is 0.647. The van der Waals surface area contributed by atoms with Gasteiger partial charge < -0.3 is 37.0 Å². The number of carboxylic acids is 1. The number of carbonyl (C=O) groups is 4. The third kappa shape index (κ3) is 6.89. The molecule has 0 aromatic rings. The van der Waals surface area contributed by atoms with Crippen LogP contribution in [0, 0.1) is 0 Å². The van der Waals surface area contributed by atoms with Gasteiger partial charge in [-0.3, -0.25) is 19.2 Å². The minimum atomic E-state index is -1.40. The van der Waals surface area contributed by atoms with E-state index in [2.05, 4.69) is 16.0 Å². The predicted molar refractivity (Wildman–Crippen MR) is 81.5 cm³/mol. The van der Waals surface area contributed by atoms with E-state index >= 15 is 0 Å². The molecule has 8 N–H and O–H groups in total. The molecule has 138 valence electrons. The molecule has 0 aliphatic heterocycles. The monoisotopic (exact) mass is 348 g/mol. The van der Waals surface area contributed by atoms with Crippen molar-refractivity contribution in [1.29, 1.82) is 0 Å². The van der Waals surface area contributed by atoms with Crippen LogP contribution in [0.5, 0.6) is 0 Å². The van der Waals surface area contributed by atoms with Crippen molar-refractivity contribution in [3.8, 4) is 0 Å². The van der Waals surface area contributed by atoms with Gasteiger partial charge >= 0.3 is 5.97 Å². The van der Waals surface area contributed by atoms with Gasteiger partial charge in [-0.05, 0) is 20.8 Å². The number of aliphatic hydroxyl groups excluding tert-OH is 2. The first-order valence-corrected chi connectivity index (χ1v) is 7.19. The summed E-state index contributed by atoms with van der Waals surface area (Å²) in [6.07, 6.45) is -1.30. The van der Waals surface area contributed by atoms with Crippen LogP contribution >= 0.6 is 0 Å². The molecular formula is C13H24N4O7. The van der Waals surface area contributed by atoms with Gasteiger partial charge in [-0.25, -0.2) is 0 Å². The topological polar surface area (TPSA) is 191 Å². The quantitative estimate of drug-likeness (QED) is 0.221. The first-order valence-electron chi connectivity index (χ1n) is 7.19. The van der Waals surface area contributed by atoms with E-state index in [4.69, 9.17) is 15.9 Å². The number of carboxylic acid groups (broad SMARTS) is 1. The maximum absolute atomic E-state index is 12.1. The predicted octanol–water partition coefficient (Wildman–Crippen LogP) is -3.73. The number of amides is 3. The van der Waals surface area contributed by atoms with Gasteiger partial charge in [0.25, 0.3) is 0 Å². The number of hydrogen-bond acceptors (Lipinski definition) is 7. The van der Waals surface area contributed by atoms with Crippen LogP contribution in [0.1, 0.15) is 20.8 Å². The van der Waals surface area contributed by atoms with Crippen molar-refractivity contribution in [2.75, 3.05) is 6.61 Å². The van der Waals surface area contributed by atoms with Crippen molar-refractivity contribution in [1.82, 2.24) is 16.0 Å². The molecule has 0 saturated carbocycles. The molecular weight excluding hydrogens is 324 g/mol.